The number of rotatable bonds is 2. The molecule has 1 aliphatic carbocycles. The van der Waals surface area contributed by atoms with E-state index in [1.807, 2.05) is 0 Å². The van der Waals surface area contributed by atoms with E-state index in [-0.39, 0.29) is 0 Å². The summed E-state index contributed by atoms with van der Waals surface area (Å²) >= 11 is 0. The molecule has 0 saturated heterocycles. The lowest BCUT2D eigenvalue weighted by Gasteiger charge is -2.07. The lowest BCUT2D eigenvalue weighted by molar-refractivity contribution is 0.557. The summed E-state index contributed by atoms with van der Waals surface area (Å²) in [6.45, 7) is 0. The Morgan fingerprint density at radius 1 is 1.29 bits per heavy atom. The highest BCUT2D eigenvalue weighted by Gasteiger charge is 2.11. The molecule has 0 aliphatic heterocycles. The third-order valence-electron chi connectivity index (χ3n) is 2.12. The van der Waals surface area contributed by atoms with E-state index >= 15 is 0 Å². The highest BCUT2D eigenvalue weighted by molar-refractivity contribution is 7.76. The topological polar surface area (TPSA) is 60.2 Å². The number of thiol groups is 1. The molecular weight excluding hydrogens is 202 g/mol. The second-order valence-electron chi connectivity index (χ2n) is 2.98. The van der Waals surface area contributed by atoms with Crippen molar-refractivity contribution >= 4 is 16.3 Å². The van der Waals surface area contributed by atoms with Crippen LogP contribution in [0.15, 0.2) is 34.1 Å². The zero-order valence-corrected chi connectivity index (χ0v) is 8.24. The van der Waals surface area contributed by atoms with E-state index in [0.717, 1.165) is 11.3 Å². The van der Waals surface area contributed by atoms with Gasteiger partial charge in [0.2, 0.25) is 0 Å². The summed E-state index contributed by atoms with van der Waals surface area (Å²) in [4.78, 5) is 4.47. The van der Waals surface area contributed by atoms with Crippen molar-refractivity contribution in [3.8, 4) is 0 Å². The normalized spacial score (nSPS) is 16.6. The van der Waals surface area contributed by atoms with E-state index in [9.17, 15) is 8.42 Å². The first-order valence-corrected chi connectivity index (χ1v) is 5.38. The maximum absolute atomic E-state index is 10.7. The fourth-order valence-corrected chi connectivity index (χ4v) is 1.85. The first kappa shape index (κ1) is 9.21. The number of hydrogen-bond acceptors (Lipinski definition) is 4. The minimum Gasteiger partial charge on any atom is -0.451 e. The summed E-state index contributed by atoms with van der Waals surface area (Å²) in [5, 5.41) is 0. The minimum atomic E-state index is -2.42. The van der Waals surface area contributed by atoms with Crippen molar-refractivity contribution in [3.63, 3.8) is 0 Å². The number of hydrogen-bond donors (Lipinski definition) is 1. The molecule has 1 aromatic heterocycles. The van der Waals surface area contributed by atoms with Gasteiger partial charge in [-0.05, 0) is 24.5 Å². The van der Waals surface area contributed by atoms with Gasteiger partial charge in [0.1, 0.15) is 12.0 Å². The van der Waals surface area contributed by atoms with E-state index < -0.39 is 10.7 Å². The summed E-state index contributed by atoms with van der Waals surface area (Å²) in [6.07, 6.45) is 7.57. The molecule has 74 valence electrons. The first-order valence-electron chi connectivity index (χ1n) is 4.20. The van der Waals surface area contributed by atoms with Gasteiger partial charge in [-0.2, -0.15) is 0 Å². The van der Waals surface area contributed by atoms with Gasteiger partial charge in [-0.1, -0.05) is 6.08 Å². The second kappa shape index (κ2) is 3.79. The molecule has 0 atom stereocenters. The highest BCUT2D eigenvalue weighted by atomic mass is 32.2. The molecule has 2 rings (SSSR count). The average Bonchev–Trinajstić information content (AvgIpc) is 2.71. The smallest absolute Gasteiger partial charge is 0.181 e. The molecule has 0 bridgehead atoms. The Labute approximate surface area is 82.9 Å². The van der Waals surface area contributed by atoms with E-state index in [4.69, 9.17) is 4.42 Å². The maximum Gasteiger partial charge on any atom is 0.181 e. The van der Waals surface area contributed by atoms with Crippen LogP contribution < -0.4 is 0 Å². The second-order valence-corrected chi connectivity index (χ2v) is 4.07. The maximum atomic E-state index is 10.7. The van der Waals surface area contributed by atoms with Crippen LogP contribution in [0.3, 0.4) is 0 Å². The third kappa shape index (κ3) is 1.77. The quantitative estimate of drug-likeness (QED) is 0.750. The largest absolute Gasteiger partial charge is 0.451 e. The van der Waals surface area contributed by atoms with Crippen molar-refractivity contribution in [3.05, 3.63) is 35.4 Å². The lowest BCUT2D eigenvalue weighted by Crippen LogP contribution is -1.94. The standard InChI is InChI=1S/C9H9NO3S/c11-14(12)8-3-1-7(2-4-8)9-5-13-6-10-9/h1,3,5-6,14H,2,4H2. The van der Waals surface area contributed by atoms with Gasteiger partial charge in [-0.15, -0.1) is 0 Å². The molecule has 0 spiro atoms. The fraction of sp³-hybridized carbons (Fsp3) is 0.222. The molecule has 0 aromatic carbocycles. The van der Waals surface area contributed by atoms with Gasteiger partial charge in [0.25, 0.3) is 0 Å². The van der Waals surface area contributed by atoms with Gasteiger partial charge in [-0.25, -0.2) is 13.4 Å². The predicted molar refractivity (Wildman–Crippen MR) is 52.1 cm³/mol. The number of aromatic nitrogens is 1. The van der Waals surface area contributed by atoms with Crippen LogP contribution in [0, 0.1) is 0 Å². The SMILES string of the molecule is O=[SH](=O)C1=CC=C(c2cocn2)CC1. The van der Waals surface area contributed by atoms with Crippen LogP contribution in [0.1, 0.15) is 18.5 Å². The zero-order chi connectivity index (χ0) is 9.97. The Kier molecular flexibility index (Phi) is 2.49. The molecule has 1 aromatic rings. The Hall–Kier alpha value is -1.36. The Bertz CT molecular complexity index is 446. The van der Waals surface area contributed by atoms with Crippen LogP contribution in [-0.4, -0.2) is 13.4 Å². The van der Waals surface area contributed by atoms with Gasteiger partial charge in [0, 0.05) is 4.91 Å². The Morgan fingerprint density at radius 3 is 2.64 bits per heavy atom. The Morgan fingerprint density at radius 2 is 2.14 bits per heavy atom. The first-order chi connectivity index (χ1) is 6.77. The van der Waals surface area contributed by atoms with E-state index in [2.05, 4.69) is 4.98 Å². The van der Waals surface area contributed by atoms with Gasteiger partial charge in [0.15, 0.2) is 17.1 Å². The zero-order valence-electron chi connectivity index (χ0n) is 7.34. The molecule has 5 heteroatoms. The van der Waals surface area contributed by atoms with E-state index in [1.54, 1.807) is 18.4 Å². The summed E-state index contributed by atoms with van der Waals surface area (Å²) in [6, 6.07) is 0. The summed E-state index contributed by atoms with van der Waals surface area (Å²) in [5.41, 5.74) is 1.79. The molecule has 4 nitrogen and oxygen atoms in total. The van der Waals surface area contributed by atoms with Gasteiger partial charge in [-0.3, -0.25) is 0 Å². The van der Waals surface area contributed by atoms with Crippen LogP contribution in [0.2, 0.25) is 0 Å². The van der Waals surface area contributed by atoms with Crippen molar-refractivity contribution < 1.29 is 12.8 Å². The molecule has 0 radical (unpaired) electrons. The van der Waals surface area contributed by atoms with Gasteiger partial charge >= 0.3 is 0 Å². The lowest BCUT2D eigenvalue weighted by atomic mass is 10.0. The summed E-state index contributed by atoms with van der Waals surface area (Å²) in [7, 11) is -2.42. The number of allylic oxidation sites excluding steroid dienone is 4. The molecule has 0 fully saturated rings. The average molecular weight is 211 g/mol. The van der Waals surface area contributed by atoms with E-state index in [0.29, 0.717) is 17.7 Å². The molecule has 0 N–H and O–H groups in total. The van der Waals surface area contributed by atoms with E-state index in [1.165, 1.54) is 6.39 Å². The van der Waals surface area contributed by atoms with Crippen LogP contribution >= 0.6 is 0 Å². The van der Waals surface area contributed by atoms with Gasteiger partial charge < -0.3 is 4.42 Å². The molecule has 0 unspecified atom stereocenters. The summed E-state index contributed by atoms with van der Waals surface area (Å²) in [5.74, 6) is 0. The van der Waals surface area contributed by atoms with Crippen LogP contribution in [0.25, 0.3) is 5.57 Å². The number of nitrogens with zero attached hydrogens (tertiary/aromatic N) is 1. The van der Waals surface area contributed by atoms with Crippen molar-refractivity contribution in [1.82, 2.24) is 4.98 Å². The van der Waals surface area contributed by atoms with Crippen molar-refractivity contribution in [1.29, 1.82) is 0 Å². The molecule has 1 aliphatic rings. The van der Waals surface area contributed by atoms with Crippen LogP contribution in [0.5, 0.6) is 0 Å². The molecular formula is C9H9NO3S. The van der Waals surface area contributed by atoms with Crippen molar-refractivity contribution in [2.75, 3.05) is 0 Å². The predicted octanol–water partition coefficient (Wildman–Crippen LogP) is 1.35. The Balaban J connectivity index is 2.27. The third-order valence-corrected chi connectivity index (χ3v) is 2.96. The monoisotopic (exact) mass is 211 g/mol. The van der Waals surface area contributed by atoms with Crippen molar-refractivity contribution in [2.45, 2.75) is 12.8 Å². The molecule has 14 heavy (non-hydrogen) atoms. The molecule has 1 heterocycles. The highest BCUT2D eigenvalue weighted by Crippen LogP contribution is 2.25. The van der Waals surface area contributed by atoms with Gasteiger partial charge in [0.05, 0.1) is 0 Å². The number of oxazole rings is 1. The van der Waals surface area contributed by atoms with Crippen molar-refractivity contribution in [2.24, 2.45) is 0 Å². The summed E-state index contributed by atoms with van der Waals surface area (Å²) < 4.78 is 26.2. The van der Waals surface area contributed by atoms with Crippen LogP contribution in [-0.2, 0) is 10.7 Å². The van der Waals surface area contributed by atoms with Crippen LogP contribution in [0.4, 0.5) is 0 Å². The molecule has 0 amide bonds. The molecule has 0 saturated carbocycles. The minimum absolute atomic E-state index is 0.479. The fourth-order valence-electron chi connectivity index (χ4n) is 1.36.